The maximum absolute atomic E-state index is 12.8. The van der Waals surface area contributed by atoms with E-state index in [4.69, 9.17) is 0 Å². The van der Waals surface area contributed by atoms with Gasteiger partial charge < -0.3 is 5.32 Å². The van der Waals surface area contributed by atoms with E-state index in [2.05, 4.69) is 5.32 Å². The summed E-state index contributed by atoms with van der Waals surface area (Å²) in [7, 11) is 0. The van der Waals surface area contributed by atoms with Gasteiger partial charge in [0.2, 0.25) is 5.91 Å². The molecule has 23 heavy (non-hydrogen) atoms. The summed E-state index contributed by atoms with van der Waals surface area (Å²) in [6.07, 6.45) is 5.94. The summed E-state index contributed by atoms with van der Waals surface area (Å²) in [6, 6.07) is 6.12. The van der Waals surface area contributed by atoms with Crippen molar-refractivity contribution in [3.05, 3.63) is 41.2 Å². The number of carbonyl (C=O) groups is 1. The molecule has 5 heteroatoms. The number of benzene rings is 1. The Balaban J connectivity index is 1.50. The molecule has 2 nitrogen and oxygen atoms in total. The predicted molar refractivity (Wildman–Crippen MR) is 90.8 cm³/mol. The standard InChI is InChI=1S/C18H23F2NOS/c19-12-15(14-5-6-14)4-2-1-3-11-21-18(22)13-23-17-9-7-16(20)8-10-17/h7-10H,1-6,11-13H2,(H,21,22). The van der Waals surface area contributed by atoms with Crippen LogP contribution in [0.2, 0.25) is 0 Å². The van der Waals surface area contributed by atoms with E-state index < -0.39 is 0 Å². The molecule has 1 aromatic rings. The van der Waals surface area contributed by atoms with Crippen molar-refractivity contribution in [3.63, 3.8) is 0 Å². The fourth-order valence-electron chi connectivity index (χ4n) is 2.35. The van der Waals surface area contributed by atoms with Gasteiger partial charge in [-0.2, -0.15) is 0 Å². The third-order valence-electron chi connectivity index (χ3n) is 3.82. The molecule has 0 atom stereocenters. The fourth-order valence-corrected chi connectivity index (χ4v) is 3.08. The Bertz CT molecular complexity index is 536. The maximum atomic E-state index is 12.8. The van der Waals surface area contributed by atoms with Crippen molar-refractivity contribution in [1.82, 2.24) is 5.32 Å². The smallest absolute Gasteiger partial charge is 0.230 e. The second-order valence-electron chi connectivity index (χ2n) is 5.74. The van der Waals surface area contributed by atoms with Gasteiger partial charge in [-0.25, -0.2) is 8.78 Å². The van der Waals surface area contributed by atoms with Crippen LogP contribution in [-0.2, 0) is 4.79 Å². The normalized spacial score (nSPS) is 13.0. The largest absolute Gasteiger partial charge is 0.355 e. The van der Waals surface area contributed by atoms with E-state index in [1.54, 1.807) is 12.1 Å². The van der Waals surface area contributed by atoms with E-state index in [1.807, 2.05) is 0 Å². The zero-order valence-electron chi connectivity index (χ0n) is 13.2. The van der Waals surface area contributed by atoms with Gasteiger partial charge in [-0.05, 0) is 61.9 Å². The molecule has 1 aliphatic carbocycles. The van der Waals surface area contributed by atoms with Crippen molar-refractivity contribution in [2.24, 2.45) is 0 Å². The monoisotopic (exact) mass is 339 g/mol. The van der Waals surface area contributed by atoms with Crippen LogP contribution in [0.1, 0.15) is 38.5 Å². The van der Waals surface area contributed by atoms with Gasteiger partial charge in [0.1, 0.15) is 12.5 Å². The Morgan fingerprint density at radius 2 is 1.87 bits per heavy atom. The summed E-state index contributed by atoms with van der Waals surface area (Å²) in [6.45, 7) is 0.358. The lowest BCUT2D eigenvalue weighted by Gasteiger charge is -2.06. The minimum atomic E-state index is -0.299. The Kier molecular flexibility index (Phi) is 7.59. The van der Waals surface area contributed by atoms with Crippen molar-refractivity contribution in [2.75, 3.05) is 19.0 Å². The van der Waals surface area contributed by atoms with Gasteiger partial charge in [0, 0.05) is 11.4 Å². The number of unbranched alkanes of at least 4 members (excludes halogenated alkanes) is 2. The lowest BCUT2D eigenvalue weighted by molar-refractivity contribution is -0.118. The number of halogens is 2. The molecule has 0 aromatic heterocycles. The van der Waals surface area contributed by atoms with Gasteiger partial charge in [-0.3, -0.25) is 4.79 Å². The molecule has 0 saturated heterocycles. The van der Waals surface area contributed by atoms with Crippen LogP contribution in [0.4, 0.5) is 8.78 Å². The minimum absolute atomic E-state index is 0.0103. The van der Waals surface area contributed by atoms with Crippen LogP contribution in [0.5, 0.6) is 0 Å². The molecular weight excluding hydrogens is 316 g/mol. The molecule has 0 heterocycles. The van der Waals surface area contributed by atoms with E-state index in [1.165, 1.54) is 29.5 Å². The van der Waals surface area contributed by atoms with Gasteiger partial charge in [-0.15, -0.1) is 11.8 Å². The zero-order valence-corrected chi connectivity index (χ0v) is 14.1. The predicted octanol–water partition coefficient (Wildman–Crippen LogP) is 4.65. The molecule has 0 aliphatic heterocycles. The van der Waals surface area contributed by atoms with Gasteiger partial charge in [0.15, 0.2) is 0 Å². The Hall–Kier alpha value is -1.36. The van der Waals surface area contributed by atoms with Crippen molar-refractivity contribution < 1.29 is 13.6 Å². The van der Waals surface area contributed by atoms with Crippen LogP contribution in [0.3, 0.4) is 0 Å². The summed E-state index contributed by atoms with van der Waals surface area (Å²) < 4.78 is 25.5. The van der Waals surface area contributed by atoms with Crippen LogP contribution >= 0.6 is 11.8 Å². The molecule has 1 amide bonds. The number of hydrogen-bond donors (Lipinski definition) is 1. The van der Waals surface area contributed by atoms with Crippen molar-refractivity contribution >= 4 is 17.7 Å². The summed E-state index contributed by atoms with van der Waals surface area (Å²) in [5, 5.41) is 2.88. The number of allylic oxidation sites excluding steroid dienone is 2. The first-order chi connectivity index (χ1) is 11.2. The van der Waals surface area contributed by atoms with Crippen LogP contribution in [0.15, 0.2) is 40.3 Å². The Morgan fingerprint density at radius 3 is 2.52 bits per heavy atom. The van der Waals surface area contributed by atoms with E-state index in [0.29, 0.717) is 12.3 Å². The molecule has 0 radical (unpaired) electrons. The lowest BCUT2D eigenvalue weighted by Crippen LogP contribution is -2.26. The van der Waals surface area contributed by atoms with E-state index in [-0.39, 0.29) is 18.4 Å². The zero-order chi connectivity index (χ0) is 16.5. The summed E-state index contributed by atoms with van der Waals surface area (Å²) in [5.41, 5.74) is 2.32. The summed E-state index contributed by atoms with van der Waals surface area (Å²) in [4.78, 5) is 12.6. The average Bonchev–Trinajstić information content (AvgIpc) is 3.38. The van der Waals surface area contributed by atoms with Crippen LogP contribution in [0.25, 0.3) is 0 Å². The first-order valence-corrected chi connectivity index (χ1v) is 9.08. The second-order valence-corrected chi connectivity index (χ2v) is 6.79. The van der Waals surface area contributed by atoms with Crippen molar-refractivity contribution in [1.29, 1.82) is 0 Å². The lowest BCUT2D eigenvalue weighted by atomic mass is 10.1. The van der Waals surface area contributed by atoms with Crippen LogP contribution in [-0.4, -0.2) is 24.9 Å². The molecule has 0 bridgehead atoms. The quantitative estimate of drug-likeness (QED) is 0.382. The minimum Gasteiger partial charge on any atom is -0.355 e. The molecule has 1 N–H and O–H groups in total. The molecular formula is C18H23F2NOS. The number of carbonyl (C=O) groups excluding carboxylic acids is 1. The molecule has 0 spiro atoms. The number of thioether (sulfide) groups is 1. The summed E-state index contributed by atoms with van der Waals surface area (Å²) >= 11 is 1.40. The first-order valence-electron chi connectivity index (χ1n) is 8.10. The van der Waals surface area contributed by atoms with Crippen molar-refractivity contribution in [2.45, 2.75) is 43.4 Å². The number of hydrogen-bond acceptors (Lipinski definition) is 2. The van der Waals surface area contributed by atoms with Gasteiger partial charge in [0.25, 0.3) is 0 Å². The molecule has 126 valence electrons. The molecule has 2 rings (SSSR count). The first kappa shape index (κ1) is 18.0. The number of amides is 1. The van der Waals surface area contributed by atoms with Crippen molar-refractivity contribution in [3.8, 4) is 0 Å². The topological polar surface area (TPSA) is 29.1 Å². The third kappa shape index (κ3) is 7.16. The highest BCUT2D eigenvalue weighted by Crippen LogP contribution is 2.33. The van der Waals surface area contributed by atoms with Gasteiger partial charge in [0.05, 0.1) is 5.75 Å². The van der Waals surface area contributed by atoms with Crippen LogP contribution in [0, 0.1) is 5.82 Å². The number of nitrogens with one attached hydrogen (secondary N) is 1. The molecule has 1 aromatic carbocycles. The Labute approximate surface area is 140 Å². The molecule has 1 aliphatic rings. The van der Waals surface area contributed by atoms with E-state index in [9.17, 15) is 13.6 Å². The molecule has 0 unspecified atom stereocenters. The maximum Gasteiger partial charge on any atom is 0.230 e. The highest BCUT2D eigenvalue weighted by molar-refractivity contribution is 8.00. The highest BCUT2D eigenvalue weighted by Gasteiger charge is 2.16. The number of rotatable bonds is 10. The van der Waals surface area contributed by atoms with Gasteiger partial charge in [-0.1, -0.05) is 12.0 Å². The fraction of sp³-hybridized carbons (Fsp3) is 0.500. The highest BCUT2D eigenvalue weighted by atomic mass is 32.2. The second kappa shape index (κ2) is 9.71. The van der Waals surface area contributed by atoms with E-state index in [0.717, 1.165) is 49.0 Å². The van der Waals surface area contributed by atoms with Crippen LogP contribution < -0.4 is 5.32 Å². The average molecular weight is 339 g/mol. The van der Waals surface area contributed by atoms with E-state index >= 15 is 0 Å². The molecule has 1 saturated carbocycles. The molecule has 1 fully saturated rings. The number of alkyl halides is 1. The Morgan fingerprint density at radius 1 is 1.13 bits per heavy atom. The SMILES string of the molecule is O=C(CSc1ccc(F)cc1)NCCCCCC(CF)=C1CC1. The third-order valence-corrected chi connectivity index (χ3v) is 4.83. The van der Waals surface area contributed by atoms with Gasteiger partial charge >= 0.3 is 0 Å². The summed E-state index contributed by atoms with van der Waals surface area (Å²) in [5.74, 6) is 0.0555.